The van der Waals surface area contributed by atoms with Crippen LogP contribution in [0.5, 0.6) is 0 Å². The van der Waals surface area contributed by atoms with Gasteiger partial charge in [0.1, 0.15) is 0 Å². The molecule has 88 valence electrons. The summed E-state index contributed by atoms with van der Waals surface area (Å²) >= 11 is 2.22. The maximum Gasteiger partial charge on any atom is 0.251 e. The molecular formula is C12H17IN2O. The lowest BCUT2D eigenvalue weighted by atomic mass is 10.2. The zero-order valence-corrected chi connectivity index (χ0v) is 11.8. The Morgan fingerprint density at radius 2 is 1.94 bits per heavy atom. The minimum Gasteiger partial charge on any atom is -0.352 e. The molecule has 0 aliphatic rings. The summed E-state index contributed by atoms with van der Waals surface area (Å²) in [7, 11) is 4.06. The van der Waals surface area contributed by atoms with Crippen molar-refractivity contribution in [2.24, 2.45) is 0 Å². The van der Waals surface area contributed by atoms with E-state index in [2.05, 4.69) is 32.8 Å². The van der Waals surface area contributed by atoms with Crippen LogP contribution in [-0.2, 0) is 0 Å². The van der Waals surface area contributed by atoms with Crippen molar-refractivity contribution >= 4 is 28.5 Å². The van der Waals surface area contributed by atoms with Crippen molar-refractivity contribution in [1.29, 1.82) is 0 Å². The van der Waals surface area contributed by atoms with Crippen LogP contribution < -0.4 is 5.32 Å². The highest BCUT2D eigenvalue weighted by atomic mass is 127. The summed E-state index contributed by atoms with van der Waals surface area (Å²) in [6, 6.07) is 7.58. The molecule has 0 saturated heterocycles. The van der Waals surface area contributed by atoms with Gasteiger partial charge in [-0.2, -0.15) is 0 Å². The van der Waals surface area contributed by atoms with Crippen molar-refractivity contribution in [1.82, 2.24) is 10.2 Å². The van der Waals surface area contributed by atoms with Crippen molar-refractivity contribution in [3.05, 3.63) is 33.4 Å². The summed E-state index contributed by atoms with van der Waals surface area (Å²) < 4.78 is 1.14. The molecule has 0 fully saturated rings. The standard InChI is InChI=1S/C12H17IN2O/c1-15(2)9-3-8-14-12(16)10-4-6-11(13)7-5-10/h4-7H,3,8-9H2,1-2H3,(H,14,16). The second-order valence-electron chi connectivity index (χ2n) is 3.92. The van der Waals surface area contributed by atoms with Crippen LogP contribution in [0, 0.1) is 3.57 Å². The number of benzene rings is 1. The van der Waals surface area contributed by atoms with E-state index in [1.807, 2.05) is 38.4 Å². The monoisotopic (exact) mass is 332 g/mol. The first-order valence-electron chi connectivity index (χ1n) is 5.28. The van der Waals surface area contributed by atoms with Crippen LogP contribution in [-0.4, -0.2) is 38.0 Å². The van der Waals surface area contributed by atoms with E-state index in [1.54, 1.807) is 0 Å². The lowest BCUT2D eigenvalue weighted by molar-refractivity contribution is 0.0952. The fraction of sp³-hybridized carbons (Fsp3) is 0.417. The molecular weight excluding hydrogens is 315 g/mol. The summed E-state index contributed by atoms with van der Waals surface area (Å²) in [4.78, 5) is 13.8. The van der Waals surface area contributed by atoms with Gasteiger partial charge >= 0.3 is 0 Å². The van der Waals surface area contributed by atoms with Crippen LogP contribution in [0.2, 0.25) is 0 Å². The Morgan fingerprint density at radius 1 is 1.31 bits per heavy atom. The summed E-state index contributed by atoms with van der Waals surface area (Å²) in [6.07, 6.45) is 0.975. The molecule has 1 aromatic carbocycles. The van der Waals surface area contributed by atoms with Crippen LogP contribution in [0.1, 0.15) is 16.8 Å². The molecule has 3 nitrogen and oxygen atoms in total. The van der Waals surface area contributed by atoms with E-state index >= 15 is 0 Å². The number of nitrogens with one attached hydrogen (secondary N) is 1. The van der Waals surface area contributed by atoms with Gasteiger partial charge in [0.05, 0.1) is 0 Å². The Kier molecular flexibility index (Phi) is 5.76. The number of halogens is 1. The zero-order valence-electron chi connectivity index (χ0n) is 9.66. The summed E-state index contributed by atoms with van der Waals surface area (Å²) in [5, 5.41) is 2.91. The Labute approximate surface area is 110 Å². The Bertz CT molecular complexity index is 335. The molecule has 1 amide bonds. The van der Waals surface area contributed by atoms with Crippen LogP contribution >= 0.6 is 22.6 Å². The first kappa shape index (κ1) is 13.4. The molecule has 0 aromatic heterocycles. The van der Waals surface area contributed by atoms with E-state index in [0.717, 1.165) is 28.6 Å². The van der Waals surface area contributed by atoms with Gasteiger partial charge in [-0.15, -0.1) is 0 Å². The number of hydrogen-bond donors (Lipinski definition) is 1. The second-order valence-corrected chi connectivity index (χ2v) is 5.17. The Balaban J connectivity index is 2.32. The molecule has 0 unspecified atom stereocenters. The maximum atomic E-state index is 11.7. The van der Waals surface area contributed by atoms with Gasteiger partial charge < -0.3 is 10.2 Å². The van der Waals surface area contributed by atoms with Gasteiger partial charge in [-0.25, -0.2) is 0 Å². The molecule has 0 radical (unpaired) electrons. The third-order valence-electron chi connectivity index (χ3n) is 2.17. The minimum absolute atomic E-state index is 0.00940. The van der Waals surface area contributed by atoms with E-state index in [4.69, 9.17) is 0 Å². The molecule has 0 heterocycles. The molecule has 0 saturated carbocycles. The predicted molar refractivity (Wildman–Crippen MR) is 74.7 cm³/mol. The fourth-order valence-electron chi connectivity index (χ4n) is 1.30. The van der Waals surface area contributed by atoms with Gasteiger partial charge in [-0.3, -0.25) is 4.79 Å². The smallest absolute Gasteiger partial charge is 0.251 e. The Morgan fingerprint density at radius 3 is 2.50 bits per heavy atom. The minimum atomic E-state index is 0.00940. The van der Waals surface area contributed by atoms with Gasteiger partial charge in [0, 0.05) is 15.7 Å². The average molecular weight is 332 g/mol. The molecule has 16 heavy (non-hydrogen) atoms. The highest BCUT2D eigenvalue weighted by molar-refractivity contribution is 14.1. The fourth-order valence-corrected chi connectivity index (χ4v) is 1.66. The highest BCUT2D eigenvalue weighted by Crippen LogP contribution is 2.06. The van der Waals surface area contributed by atoms with Crippen molar-refractivity contribution in [2.45, 2.75) is 6.42 Å². The van der Waals surface area contributed by atoms with E-state index in [0.29, 0.717) is 0 Å². The Hall–Kier alpha value is -0.620. The first-order valence-corrected chi connectivity index (χ1v) is 6.36. The van der Waals surface area contributed by atoms with Crippen molar-refractivity contribution < 1.29 is 4.79 Å². The quantitative estimate of drug-likeness (QED) is 0.661. The van der Waals surface area contributed by atoms with Crippen molar-refractivity contribution in [3.63, 3.8) is 0 Å². The summed E-state index contributed by atoms with van der Waals surface area (Å²) in [5.74, 6) is 0.00940. The molecule has 0 aliphatic carbocycles. The van der Waals surface area contributed by atoms with Crippen LogP contribution in [0.25, 0.3) is 0 Å². The lowest BCUT2D eigenvalue weighted by Gasteiger charge is -2.09. The van der Waals surface area contributed by atoms with E-state index < -0.39 is 0 Å². The topological polar surface area (TPSA) is 32.3 Å². The molecule has 1 aromatic rings. The van der Waals surface area contributed by atoms with E-state index in [1.165, 1.54) is 0 Å². The van der Waals surface area contributed by atoms with Crippen LogP contribution in [0.15, 0.2) is 24.3 Å². The maximum absolute atomic E-state index is 11.7. The van der Waals surface area contributed by atoms with Crippen molar-refractivity contribution in [2.75, 3.05) is 27.2 Å². The van der Waals surface area contributed by atoms with Crippen LogP contribution in [0.3, 0.4) is 0 Å². The van der Waals surface area contributed by atoms with Gasteiger partial charge in [0.25, 0.3) is 5.91 Å². The molecule has 1 rings (SSSR count). The number of amides is 1. The van der Waals surface area contributed by atoms with Crippen molar-refractivity contribution in [3.8, 4) is 0 Å². The number of nitrogens with zero attached hydrogens (tertiary/aromatic N) is 1. The third-order valence-corrected chi connectivity index (χ3v) is 2.89. The number of rotatable bonds is 5. The summed E-state index contributed by atoms with van der Waals surface area (Å²) in [6.45, 7) is 1.72. The van der Waals surface area contributed by atoms with Gasteiger partial charge in [0.2, 0.25) is 0 Å². The first-order chi connectivity index (χ1) is 7.59. The predicted octanol–water partition coefficient (Wildman–Crippen LogP) is 1.97. The zero-order chi connectivity index (χ0) is 12.0. The largest absolute Gasteiger partial charge is 0.352 e. The number of carbonyl (C=O) groups is 1. The number of hydrogen-bond acceptors (Lipinski definition) is 2. The SMILES string of the molecule is CN(C)CCCNC(=O)c1ccc(I)cc1. The average Bonchev–Trinajstić information content (AvgIpc) is 2.25. The van der Waals surface area contributed by atoms with Gasteiger partial charge in [-0.1, -0.05) is 0 Å². The normalized spacial score (nSPS) is 10.5. The molecule has 0 bridgehead atoms. The highest BCUT2D eigenvalue weighted by Gasteiger charge is 2.03. The second kappa shape index (κ2) is 6.85. The van der Waals surface area contributed by atoms with E-state index in [-0.39, 0.29) is 5.91 Å². The molecule has 0 atom stereocenters. The van der Waals surface area contributed by atoms with Crippen LogP contribution in [0.4, 0.5) is 0 Å². The molecule has 4 heteroatoms. The summed E-state index contributed by atoms with van der Waals surface area (Å²) in [5.41, 5.74) is 0.727. The van der Waals surface area contributed by atoms with Gasteiger partial charge in [0.15, 0.2) is 0 Å². The third kappa shape index (κ3) is 4.94. The van der Waals surface area contributed by atoms with E-state index in [9.17, 15) is 4.79 Å². The van der Waals surface area contributed by atoms with Gasteiger partial charge in [-0.05, 0) is 73.9 Å². The molecule has 0 spiro atoms. The lowest BCUT2D eigenvalue weighted by Crippen LogP contribution is -2.27. The number of carbonyl (C=O) groups excluding carboxylic acids is 1. The molecule has 0 aliphatic heterocycles. The molecule has 1 N–H and O–H groups in total.